The van der Waals surface area contributed by atoms with E-state index in [9.17, 15) is 25.2 Å². The van der Waals surface area contributed by atoms with Gasteiger partial charge in [-0.05, 0) is 43.9 Å². The van der Waals surface area contributed by atoms with Gasteiger partial charge < -0.3 is 0 Å². The maximum atomic E-state index is 9.87. The second-order valence-corrected chi connectivity index (χ2v) is 6.93. The van der Waals surface area contributed by atoms with Crippen LogP contribution in [0.3, 0.4) is 0 Å². The molecule has 0 fully saturated rings. The average Bonchev–Trinajstić information content (AvgIpc) is 2.23. The fraction of sp³-hybridized carbons (Fsp3) is 0.500. The molecule has 120 valence electrons. The molecule has 0 saturated heterocycles. The van der Waals surface area contributed by atoms with Crippen molar-refractivity contribution in [3.05, 3.63) is 35.4 Å². The van der Waals surface area contributed by atoms with Crippen molar-refractivity contribution in [3.63, 3.8) is 0 Å². The summed E-state index contributed by atoms with van der Waals surface area (Å²) in [6, 6.07) is 8.91. The summed E-state index contributed by atoms with van der Waals surface area (Å²) >= 11 is 3.55. The van der Waals surface area contributed by atoms with Gasteiger partial charge in [-0.25, -0.2) is 0 Å². The van der Waals surface area contributed by atoms with Crippen LogP contribution in [0, 0.1) is 6.92 Å². The number of rotatable bonds is 4. The van der Waals surface area contributed by atoms with E-state index in [2.05, 4.69) is 50.7 Å². The zero-order valence-corrected chi connectivity index (χ0v) is 13.1. The topological polar surface area (TPSA) is 0 Å². The number of benzene rings is 1. The molecular formula is C12H19F6PS. The van der Waals surface area contributed by atoms with Crippen molar-refractivity contribution in [1.82, 2.24) is 0 Å². The molecule has 1 aromatic carbocycles. The predicted molar refractivity (Wildman–Crippen MR) is 77.4 cm³/mol. The Hall–Kier alpha value is -0.420. The maximum absolute atomic E-state index is 10.7. The zero-order chi connectivity index (χ0) is 16.1. The van der Waals surface area contributed by atoms with Crippen molar-refractivity contribution >= 4 is 20.4 Å². The van der Waals surface area contributed by atoms with Crippen LogP contribution in [-0.4, -0.2) is 5.75 Å². The normalized spacial score (nSPS) is 16.4. The quantitative estimate of drug-likeness (QED) is 0.344. The van der Waals surface area contributed by atoms with Gasteiger partial charge in [-0.15, -0.1) is 0 Å². The fourth-order valence-corrected chi connectivity index (χ4v) is 1.97. The van der Waals surface area contributed by atoms with Gasteiger partial charge in [0.05, 0.1) is 0 Å². The van der Waals surface area contributed by atoms with E-state index < -0.39 is 7.81 Å². The van der Waals surface area contributed by atoms with Gasteiger partial charge in [-0.3, -0.25) is 0 Å². The molecule has 0 bridgehead atoms. The van der Waals surface area contributed by atoms with Crippen LogP contribution in [-0.2, 0) is 12.6 Å². The first kappa shape index (κ1) is 19.6. The molecule has 1 aromatic rings. The van der Waals surface area contributed by atoms with Crippen LogP contribution in [0.2, 0.25) is 0 Å². The van der Waals surface area contributed by atoms with E-state index in [4.69, 9.17) is 0 Å². The monoisotopic (exact) mass is 340 g/mol. The van der Waals surface area contributed by atoms with Crippen LogP contribution < -0.4 is 0 Å². The molecule has 20 heavy (non-hydrogen) atoms. The van der Waals surface area contributed by atoms with Gasteiger partial charge >= 0.3 is 33.0 Å². The number of hydrogen-bond acceptors (Lipinski definition) is 0. The first-order valence-corrected chi connectivity index (χ1v) is 8.74. The third kappa shape index (κ3) is 14.0. The van der Waals surface area contributed by atoms with E-state index in [0.29, 0.717) is 0 Å². The summed E-state index contributed by atoms with van der Waals surface area (Å²) in [5.74, 6) is 1.81. The Morgan fingerprint density at radius 1 is 1.00 bits per heavy atom. The Labute approximate surface area is 120 Å². The molecule has 0 amide bonds. The molecule has 1 atom stereocenters. The molecule has 0 aromatic heterocycles. The first-order chi connectivity index (χ1) is 8.72. The summed E-state index contributed by atoms with van der Waals surface area (Å²) in [5.41, 5.74) is 2.82. The molecule has 0 N–H and O–H groups in total. The van der Waals surface area contributed by atoms with Gasteiger partial charge in [0.15, 0.2) is 0 Å². The molecule has 0 aliphatic carbocycles. The van der Waals surface area contributed by atoms with Gasteiger partial charge in [0.2, 0.25) is 0 Å². The number of aryl methyl sites for hydroxylation is 1. The van der Waals surface area contributed by atoms with Crippen LogP contribution in [0.5, 0.6) is 0 Å². The van der Waals surface area contributed by atoms with Gasteiger partial charge in [0, 0.05) is 0 Å². The van der Waals surface area contributed by atoms with Crippen LogP contribution in [0.15, 0.2) is 24.3 Å². The third-order valence-corrected chi connectivity index (χ3v) is 2.82. The number of hydrogen-bond donors (Lipinski definition) is 0. The number of halogens is 6. The Balaban J connectivity index is 0.000000441. The predicted octanol–water partition coefficient (Wildman–Crippen LogP) is 6.27. The summed E-state index contributed by atoms with van der Waals surface area (Å²) in [4.78, 5) is 0. The second kappa shape index (κ2) is 6.14. The van der Waals surface area contributed by atoms with E-state index in [1.54, 1.807) is 0 Å². The third-order valence-electron chi connectivity index (χ3n) is 2.53. The zero-order valence-electron chi connectivity index (χ0n) is 11.2. The van der Waals surface area contributed by atoms with E-state index >= 15 is 0 Å². The van der Waals surface area contributed by atoms with E-state index in [-0.39, 0.29) is 0 Å². The van der Waals surface area contributed by atoms with E-state index in [0.717, 1.165) is 11.7 Å². The molecule has 0 aliphatic heterocycles. The van der Waals surface area contributed by atoms with E-state index in [1.165, 1.54) is 24.0 Å². The molecule has 8 heteroatoms. The molecule has 0 radical (unpaired) electrons. The van der Waals surface area contributed by atoms with Crippen LogP contribution in [0.4, 0.5) is 25.2 Å². The van der Waals surface area contributed by atoms with Crippen molar-refractivity contribution in [1.29, 1.82) is 0 Å². The Morgan fingerprint density at radius 2 is 1.40 bits per heavy atom. The molecule has 0 heterocycles. The average molecular weight is 340 g/mol. The summed E-state index contributed by atoms with van der Waals surface area (Å²) in [5, 5.41) is 0. The molecule has 0 nitrogen and oxygen atoms in total. The van der Waals surface area contributed by atoms with Crippen molar-refractivity contribution in [3.8, 4) is 0 Å². The van der Waals surface area contributed by atoms with Crippen LogP contribution >= 0.6 is 7.81 Å². The summed E-state index contributed by atoms with van der Waals surface area (Å²) < 4.78 is 59.2. The minimum atomic E-state index is -10.7. The van der Waals surface area contributed by atoms with Crippen LogP contribution in [0.25, 0.3) is 0 Å². The second-order valence-electron chi connectivity index (χ2n) is 4.51. The Kier molecular flexibility index (Phi) is 6.01. The van der Waals surface area contributed by atoms with Crippen LogP contribution in [0.1, 0.15) is 36.8 Å². The summed E-state index contributed by atoms with van der Waals surface area (Å²) in [6.45, 7) is 4.39. The van der Waals surface area contributed by atoms with Gasteiger partial charge in [-0.1, -0.05) is 36.8 Å². The Morgan fingerprint density at radius 3 is 1.70 bits per heavy atom. The summed E-state index contributed by atoms with van der Waals surface area (Å²) in [7, 11) is -10.7. The Bertz CT molecular complexity index is 399. The summed E-state index contributed by atoms with van der Waals surface area (Å²) in [6.07, 6.45) is 2.46. The molecule has 0 aliphatic rings. The molecule has 0 saturated carbocycles. The van der Waals surface area contributed by atoms with Gasteiger partial charge in [-0.2, -0.15) is 0 Å². The van der Waals surface area contributed by atoms with Crippen molar-refractivity contribution in [2.75, 3.05) is 5.75 Å². The molecule has 1 unspecified atom stereocenters. The molecular weight excluding hydrogens is 321 g/mol. The molecule has 1 rings (SSSR count). The van der Waals surface area contributed by atoms with Gasteiger partial charge in [0.1, 0.15) is 5.75 Å². The van der Waals surface area contributed by atoms with Crippen molar-refractivity contribution in [2.24, 2.45) is 0 Å². The van der Waals surface area contributed by atoms with Crippen molar-refractivity contribution < 1.29 is 25.2 Å². The van der Waals surface area contributed by atoms with Crippen molar-refractivity contribution in [2.45, 2.75) is 32.6 Å². The molecule has 0 spiro atoms. The van der Waals surface area contributed by atoms with E-state index in [1.807, 2.05) is 0 Å². The standard InChI is InChI=1S/C12H18S.F6P/c1-3-11(8-9-13)12-6-4-10(2)5-7-12;1-7(2,3,4,5)6/h4-7,11,13H,3,8-9H2,1-2H3;/q;-1/p+1. The fourth-order valence-electron chi connectivity index (χ4n) is 1.62. The van der Waals surface area contributed by atoms with Gasteiger partial charge in [0.25, 0.3) is 0 Å². The SMILES string of the molecule is CCC(CC[SH2+])c1ccc(C)cc1.F[P-](F)(F)(F)(F)F. The minimum absolute atomic E-state index is 0.720. The first-order valence-electron chi connectivity index (χ1n) is 6.00.